The van der Waals surface area contributed by atoms with E-state index in [1.165, 1.54) is 11.1 Å². The molecule has 0 bridgehead atoms. The predicted octanol–water partition coefficient (Wildman–Crippen LogP) is 2.22. The van der Waals surface area contributed by atoms with Crippen LogP contribution in [-0.2, 0) is 0 Å². The van der Waals surface area contributed by atoms with Gasteiger partial charge in [-0.05, 0) is 11.1 Å². The quantitative estimate of drug-likeness (QED) is 0.455. The molecule has 0 N–H and O–H groups in total. The molecule has 0 heterocycles. The van der Waals surface area contributed by atoms with Crippen molar-refractivity contribution in [3.63, 3.8) is 0 Å². The Morgan fingerprint density at radius 1 is 1.33 bits per heavy atom. The normalized spacial score (nSPS) is 29.1. The Kier molecular flexibility index (Phi) is 0.786. The standard InChI is InChI=1S/C9H8/c1-7-5-6-8-3-2-4-9(7)8/h2-6,8H,1H2. The molecule has 2 aliphatic carbocycles. The van der Waals surface area contributed by atoms with E-state index in [-0.39, 0.29) is 0 Å². The van der Waals surface area contributed by atoms with E-state index in [2.05, 4.69) is 37.0 Å². The summed E-state index contributed by atoms with van der Waals surface area (Å²) in [6, 6.07) is 0. The highest BCUT2D eigenvalue weighted by Gasteiger charge is 2.17. The molecule has 9 heavy (non-hydrogen) atoms. The second-order valence-corrected chi connectivity index (χ2v) is 2.42. The molecule has 0 amide bonds. The summed E-state index contributed by atoms with van der Waals surface area (Å²) in [6.07, 6.45) is 10.7. The Balaban J connectivity index is 2.48. The van der Waals surface area contributed by atoms with Gasteiger partial charge in [0.25, 0.3) is 0 Å². The SMILES string of the molecule is C=C1C=CC2C=CC=C12. The van der Waals surface area contributed by atoms with Crippen molar-refractivity contribution < 1.29 is 0 Å². The Bertz CT molecular complexity index is 239. The van der Waals surface area contributed by atoms with Gasteiger partial charge in [0, 0.05) is 5.92 Å². The Hall–Kier alpha value is -1.04. The first-order valence-electron chi connectivity index (χ1n) is 3.14. The van der Waals surface area contributed by atoms with Crippen LogP contribution in [0, 0.1) is 5.92 Å². The molecule has 0 aliphatic heterocycles. The lowest BCUT2D eigenvalue weighted by molar-refractivity contribution is 1.06. The van der Waals surface area contributed by atoms with Gasteiger partial charge in [-0.1, -0.05) is 37.0 Å². The average molecular weight is 116 g/mol. The largest absolute Gasteiger partial charge is 0.0915 e. The topological polar surface area (TPSA) is 0 Å². The number of hydrogen-bond acceptors (Lipinski definition) is 0. The molecule has 0 nitrogen and oxygen atoms in total. The van der Waals surface area contributed by atoms with Gasteiger partial charge in [-0.15, -0.1) is 0 Å². The third-order valence-corrected chi connectivity index (χ3v) is 1.83. The minimum Gasteiger partial charge on any atom is -0.0915 e. The van der Waals surface area contributed by atoms with Crippen LogP contribution in [0.1, 0.15) is 0 Å². The fourth-order valence-electron chi connectivity index (χ4n) is 1.30. The molecule has 0 saturated heterocycles. The maximum atomic E-state index is 3.90. The highest BCUT2D eigenvalue weighted by atomic mass is 14.2. The minimum absolute atomic E-state index is 0.553. The molecule has 1 unspecified atom stereocenters. The lowest BCUT2D eigenvalue weighted by atomic mass is 10.1. The van der Waals surface area contributed by atoms with Crippen molar-refractivity contribution in [2.45, 2.75) is 0 Å². The van der Waals surface area contributed by atoms with Gasteiger partial charge in [0.05, 0.1) is 0 Å². The van der Waals surface area contributed by atoms with Crippen LogP contribution in [0.25, 0.3) is 0 Å². The Labute approximate surface area is 54.9 Å². The first-order valence-corrected chi connectivity index (χ1v) is 3.14. The maximum absolute atomic E-state index is 3.90. The van der Waals surface area contributed by atoms with Gasteiger partial charge >= 0.3 is 0 Å². The predicted molar refractivity (Wildman–Crippen MR) is 39.0 cm³/mol. The lowest BCUT2D eigenvalue weighted by Gasteiger charge is -1.98. The summed E-state index contributed by atoms with van der Waals surface area (Å²) in [5.41, 5.74) is 2.54. The summed E-state index contributed by atoms with van der Waals surface area (Å²) < 4.78 is 0. The summed E-state index contributed by atoms with van der Waals surface area (Å²) in [5.74, 6) is 0.553. The van der Waals surface area contributed by atoms with Gasteiger partial charge in [-0.3, -0.25) is 0 Å². The number of hydrogen-bond donors (Lipinski definition) is 0. The van der Waals surface area contributed by atoms with Crippen LogP contribution in [0.5, 0.6) is 0 Å². The zero-order valence-corrected chi connectivity index (χ0v) is 5.17. The highest BCUT2D eigenvalue weighted by Crippen LogP contribution is 2.32. The van der Waals surface area contributed by atoms with Crippen LogP contribution in [0.2, 0.25) is 0 Å². The van der Waals surface area contributed by atoms with Gasteiger partial charge in [-0.25, -0.2) is 0 Å². The van der Waals surface area contributed by atoms with Crippen LogP contribution in [-0.4, -0.2) is 0 Å². The second kappa shape index (κ2) is 1.47. The van der Waals surface area contributed by atoms with Crippen LogP contribution in [0.15, 0.2) is 48.1 Å². The highest BCUT2D eigenvalue weighted by molar-refractivity contribution is 5.53. The third kappa shape index (κ3) is 0.531. The van der Waals surface area contributed by atoms with E-state index in [1.807, 2.05) is 0 Å². The van der Waals surface area contributed by atoms with Gasteiger partial charge < -0.3 is 0 Å². The first-order chi connectivity index (χ1) is 4.38. The fourth-order valence-corrected chi connectivity index (χ4v) is 1.30. The minimum atomic E-state index is 0.553. The van der Waals surface area contributed by atoms with E-state index < -0.39 is 0 Å². The summed E-state index contributed by atoms with van der Waals surface area (Å²) >= 11 is 0. The van der Waals surface area contributed by atoms with Crippen LogP contribution in [0.3, 0.4) is 0 Å². The molecule has 0 fully saturated rings. The molecule has 0 heteroatoms. The molecule has 0 aromatic carbocycles. The van der Waals surface area contributed by atoms with Crippen LogP contribution < -0.4 is 0 Å². The molecule has 0 spiro atoms. The Morgan fingerprint density at radius 2 is 2.22 bits per heavy atom. The van der Waals surface area contributed by atoms with Gasteiger partial charge in [0.2, 0.25) is 0 Å². The summed E-state index contributed by atoms with van der Waals surface area (Å²) in [7, 11) is 0. The van der Waals surface area contributed by atoms with Crippen molar-refractivity contribution in [3.8, 4) is 0 Å². The van der Waals surface area contributed by atoms with Crippen molar-refractivity contribution in [2.75, 3.05) is 0 Å². The first kappa shape index (κ1) is 4.80. The number of rotatable bonds is 0. The molecule has 2 rings (SSSR count). The van der Waals surface area contributed by atoms with Gasteiger partial charge in [0.15, 0.2) is 0 Å². The zero-order chi connectivity index (χ0) is 6.27. The Morgan fingerprint density at radius 3 is 3.00 bits per heavy atom. The summed E-state index contributed by atoms with van der Waals surface area (Å²) in [6.45, 7) is 3.90. The molecule has 1 atom stereocenters. The smallest absolute Gasteiger partial charge is 0.0210 e. The fraction of sp³-hybridized carbons (Fsp3) is 0.111. The maximum Gasteiger partial charge on any atom is 0.0210 e. The molecular weight excluding hydrogens is 108 g/mol. The van der Waals surface area contributed by atoms with Crippen molar-refractivity contribution in [3.05, 3.63) is 48.1 Å². The van der Waals surface area contributed by atoms with Crippen molar-refractivity contribution in [1.82, 2.24) is 0 Å². The lowest BCUT2D eigenvalue weighted by Crippen LogP contribution is -1.85. The van der Waals surface area contributed by atoms with E-state index in [9.17, 15) is 0 Å². The molecular formula is C9H8. The van der Waals surface area contributed by atoms with Crippen LogP contribution >= 0.6 is 0 Å². The number of allylic oxidation sites excluding steroid dienone is 7. The molecule has 0 aromatic rings. The molecule has 44 valence electrons. The van der Waals surface area contributed by atoms with Crippen LogP contribution in [0.4, 0.5) is 0 Å². The van der Waals surface area contributed by atoms with E-state index in [1.54, 1.807) is 0 Å². The zero-order valence-electron chi connectivity index (χ0n) is 5.17. The van der Waals surface area contributed by atoms with Gasteiger partial charge in [0.1, 0.15) is 0 Å². The molecule has 0 radical (unpaired) electrons. The van der Waals surface area contributed by atoms with Crippen molar-refractivity contribution in [2.24, 2.45) is 5.92 Å². The molecule has 0 aromatic heterocycles. The monoisotopic (exact) mass is 116 g/mol. The van der Waals surface area contributed by atoms with Crippen molar-refractivity contribution in [1.29, 1.82) is 0 Å². The number of fused-ring (bicyclic) bond motifs is 1. The van der Waals surface area contributed by atoms with Crippen molar-refractivity contribution >= 4 is 0 Å². The molecule has 2 aliphatic rings. The van der Waals surface area contributed by atoms with Gasteiger partial charge in [-0.2, -0.15) is 0 Å². The van der Waals surface area contributed by atoms with E-state index in [0.29, 0.717) is 5.92 Å². The van der Waals surface area contributed by atoms with E-state index in [4.69, 9.17) is 0 Å². The average Bonchev–Trinajstić information content (AvgIpc) is 2.35. The van der Waals surface area contributed by atoms with E-state index >= 15 is 0 Å². The summed E-state index contributed by atoms with van der Waals surface area (Å²) in [5, 5.41) is 0. The molecule has 0 saturated carbocycles. The summed E-state index contributed by atoms with van der Waals surface area (Å²) in [4.78, 5) is 0. The second-order valence-electron chi connectivity index (χ2n) is 2.42. The van der Waals surface area contributed by atoms with E-state index in [0.717, 1.165) is 0 Å². The third-order valence-electron chi connectivity index (χ3n) is 1.83.